The first kappa shape index (κ1) is 32.4. The van der Waals surface area contributed by atoms with E-state index < -0.39 is 33.2 Å². The van der Waals surface area contributed by atoms with Crippen LogP contribution in [0, 0.1) is 0 Å². The van der Waals surface area contributed by atoms with Crippen LogP contribution in [0.4, 0.5) is 18.0 Å². The lowest BCUT2D eigenvalue weighted by Gasteiger charge is -2.17. The van der Waals surface area contributed by atoms with Crippen molar-refractivity contribution in [1.82, 2.24) is 14.6 Å². The number of ether oxygens (including phenoxy) is 3. The lowest BCUT2D eigenvalue weighted by atomic mass is 10.2. The van der Waals surface area contributed by atoms with Crippen molar-refractivity contribution in [1.29, 1.82) is 0 Å². The van der Waals surface area contributed by atoms with Crippen LogP contribution in [0.1, 0.15) is 43.7 Å². The highest BCUT2D eigenvalue weighted by molar-refractivity contribution is 7.84. The molecule has 0 fully saturated rings. The molecule has 1 aromatic carbocycles. The quantitative estimate of drug-likeness (QED) is 0.266. The smallest absolute Gasteiger partial charge is 0.423 e. The van der Waals surface area contributed by atoms with Gasteiger partial charge in [-0.15, -0.1) is 0 Å². The molecule has 2 aromatic rings. The van der Waals surface area contributed by atoms with Crippen LogP contribution in [0.15, 0.2) is 30.5 Å². The molecule has 0 saturated heterocycles. The maximum Gasteiger partial charge on any atom is 0.423 e. The number of amides is 1. The molecular weight excluding hydrogens is 567 g/mol. The number of halogens is 4. The number of aromatic nitrogens is 1. The molecule has 218 valence electrons. The number of alkyl halides is 3. The van der Waals surface area contributed by atoms with Gasteiger partial charge in [-0.1, -0.05) is 37.8 Å². The van der Waals surface area contributed by atoms with Crippen molar-refractivity contribution in [2.24, 2.45) is 0 Å². The molecule has 1 heterocycles. The Hall–Kier alpha value is -2.81. The third-order valence-electron chi connectivity index (χ3n) is 5.25. The number of unbranched alkanes of at least 4 members (excludes halogenated alkanes) is 3. The van der Waals surface area contributed by atoms with Crippen LogP contribution in [-0.2, 0) is 31.9 Å². The maximum absolute atomic E-state index is 13.0. The van der Waals surface area contributed by atoms with Crippen molar-refractivity contribution in [3.8, 4) is 17.4 Å². The third kappa shape index (κ3) is 10.7. The minimum Gasteiger partial charge on any atom is -0.491 e. The Bertz CT molecular complexity index is 1200. The van der Waals surface area contributed by atoms with Gasteiger partial charge >= 0.3 is 22.6 Å². The molecule has 0 aliphatic heterocycles. The van der Waals surface area contributed by atoms with Gasteiger partial charge in [-0.2, -0.15) is 25.9 Å². The van der Waals surface area contributed by atoms with Crippen molar-refractivity contribution >= 4 is 28.0 Å². The van der Waals surface area contributed by atoms with Crippen LogP contribution in [0.3, 0.4) is 0 Å². The van der Waals surface area contributed by atoms with E-state index in [2.05, 4.69) is 14.5 Å². The molecule has 1 aromatic heterocycles. The zero-order valence-corrected chi connectivity index (χ0v) is 23.3. The molecule has 0 unspecified atom stereocenters. The predicted octanol–water partition coefficient (Wildman–Crippen LogP) is 5.55. The van der Waals surface area contributed by atoms with E-state index in [1.807, 2.05) is 6.92 Å². The number of pyridine rings is 1. The van der Waals surface area contributed by atoms with Crippen LogP contribution in [0.2, 0.25) is 5.02 Å². The van der Waals surface area contributed by atoms with Crippen LogP contribution in [0.5, 0.6) is 17.4 Å². The highest BCUT2D eigenvalue weighted by atomic mass is 35.5. The van der Waals surface area contributed by atoms with E-state index >= 15 is 0 Å². The Labute approximate surface area is 230 Å². The molecule has 0 aliphatic carbocycles. The zero-order valence-electron chi connectivity index (χ0n) is 21.7. The van der Waals surface area contributed by atoms with Gasteiger partial charge in [0.05, 0.1) is 12.2 Å². The van der Waals surface area contributed by atoms with E-state index in [-0.39, 0.29) is 31.3 Å². The zero-order chi connectivity index (χ0) is 29.1. The van der Waals surface area contributed by atoms with Crippen molar-refractivity contribution in [2.75, 3.05) is 33.9 Å². The fourth-order valence-electron chi connectivity index (χ4n) is 3.10. The average Bonchev–Trinajstić information content (AvgIpc) is 2.86. The number of hydrogen-bond donors (Lipinski definition) is 1. The third-order valence-corrected chi connectivity index (χ3v) is 6.83. The summed E-state index contributed by atoms with van der Waals surface area (Å²) in [5, 5.41) is 1.92. The topological polar surface area (TPSA) is 116 Å². The van der Waals surface area contributed by atoms with Crippen molar-refractivity contribution in [3.05, 3.63) is 46.6 Å². The van der Waals surface area contributed by atoms with Gasteiger partial charge in [-0.05, 0) is 24.6 Å². The van der Waals surface area contributed by atoms with Gasteiger partial charge < -0.3 is 23.7 Å². The summed E-state index contributed by atoms with van der Waals surface area (Å²) in [4.78, 5) is 15.9. The Morgan fingerprint density at radius 3 is 2.54 bits per heavy atom. The van der Waals surface area contributed by atoms with E-state index in [0.29, 0.717) is 36.6 Å². The molecule has 2 rings (SSSR count). The summed E-state index contributed by atoms with van der Waals surface area (Å²) in [6.07, 6.45) is -1.90. The maximum atomic E-state index is 13.0. The molecular formula is C24H31ClF3N3O7S. The van der Waals surface area contributed by atoms with Gasteiger partial charge in [-0.3, -0.25) is 0 Å². The molecule has 1 N–H and O–H groups in total. The number of rotatable bonds is 15. The summed E-state index contributed by atoms with van der Waals surface area (Å²) in [7, 11) is -1.51. The van der Waals surface area contributed by atoms with Crippen molar-refractivity contribution < 1.29 is 44.8 Å². The van der Waals surface area contributed by atoms with Crippen LogP contribution >= 0.6 is 11.6 Å². The number of benzene rings is 1. The molecule has 0 spiro atoms. The minimum absolute atomic E-state index is 0.0373. The van der Waals surface area contributed by atoms with Gasteiger partial charge in [0.2, 0.25) is 5.88 Å². The molecule has 0 radical (unpaired) electrons. The van der Waals surface area contributed by atoms with Crippen LogP contribution in [-0.4, -0.2) is 57.7 Å². The molecule has 39 heavy (non-hydrogen) atoms. The van der Waals surface area contributed by atoms with E-state index in [1.54, 1.807) is 6.07 Å². The molecule has 15 heteroatoms. The Morgan fingerprint density at radius 2 is 1.90 bits per heavy atom. The molecule has 0 aliphatic rings. The first-order valence-electron chi connectivity index (χ1n) is 12.0. The fraction of sp³-hybridized carbons (Fsp3) is 0.500. The molecule has 0 saturated carbocycles. The Morgan fingerprint density at radius 1 is 1.15 bits per heavy atom. The minimum atomic E-state index is -4.65. The van der Waals surface area contributed by atoms with E-state index in [0.717, 1.165) is 23.6 Å². The van der Waals surface area contributed by atoms with E-state index in [9.17, 15) is 26.4 Å². The predicted molar refractivity (Wildman–Crippen MR) is 137 cm³/mol. The first-order valence-corrected chi connectivity index (χ1v) is 13.7. The van der Waals surface area contributed by atoms with Gasteiger partial charge in [0.15, 0.2) is 0 Å². The second-order valence-corrected chi connectivity index (χ2v) is 10.3. The second-order valence-electron chi connectivity index (χ2n) is 8.29. The molecule has 0 bridgehead atoms. The summed E-state index contributed by atoms with van der Waals surface area (Å²) >= 11 is 5.97. The number of nitrogens with one attached hydrogen (secondary N) is 1. The molecule has 0 atom stereocenters. The van der Waals surface area contributed by atoms with Gasteiger partial charge in [0.1, 0.15) is 23.1 Å². The highest BCUT2D eigenvalue weighted by Crippen LogP contribution is 2.36. The summed E-state index contributed by atoms with van der Waals surface area (Å²) < 4.78 is 85.2. The molecule has 1 amide bonds. The van der Waals surface area contributed by atoms with Crippen LogP contribution < -0.4 is 14.8 Å². The second kappa shape index (κ2) is 15.1. The van der Waals surface area contributed by atoms with Gasteiger partial charge in [0, 0.05) is 45.1 Å². The van der Waals surface area contributed by atoms with Gasteiger partial charge in [-0.25, -0.2) is 9.78 Å². The Kier molecular flexibility index (Phi) is 12.5. The van der Waals surface area contributed by atoms with E-state index in [4.69, 9.17) is 25.8 Å². The molecule has 10 nitrogen and oxygen atoms in total. The average molecular weight is 598 g/mol. The monoisotopic (exact) mass is 597 g/mol. The number of carbonyl (C=O) groups excluding carboxylic acids is 1. The number of nitrogens with zero attached hydrogens (tertiary/aromatic N) is 2. The van der Waals surface area contributed by atoms with Crippen molar-refractivity contribution in [2.45, 2.75) is 45.3 Å². The van der Waals surface area contributed by atoms with Crippen molar-refractivity contribution in [3.63, 3.8) is 0 Å². The number of hydrogen-bond acceptors (Lipinski definition) is 8. The van der Waals surface area contributed by atoms with E-state index in [1.165, 1.54) is 26.3 Å². The summed E-state index contributed by atoms with van der Waals surface area (Å²) in [5.74, 6) is 0.0359. The van der Waals surface area contributed by atoms with Gasteiger partial charge in [0.25, 0.3) is 0 Å². The first-order chi connectivity index (χ1) is 18.4. The normalized spacial score (nSPS) is 11.9. The summed E-state index contributed by atoms with van der Waals surface area (Å²) in [6.45, 7) is 2.45. The Balaban J connectivity index is 2.15. The standard InChI is InChI=1S/C24H31ClF3N3O7S/c1-4-5-6-7-10-31(2)39(33,34)38-23(32)30-15-17-8-9-19(36-12-11-35-3)14-21(17)37-22-20(25)13-18(16-29-22)24(26,27)28/h8-9,13-14,16H,4-7,10-12,15H2,1-3H3,(H,30,32). The highest BCUT2D eigenvalue weighted by Gasteiger charge is 2.32. The van der Waals surface area contributed by atoms with Crippen LogP contribution in [0.25, 0.3) is 0 Å². The lowest BCUT2D eigenvalue weighted by molar-refractivity contribution is -0.137. The lowest BCUT2D eigenvalue weighted by Crippen LogP contribution is -2.35. The summed E-state index contributed by atoms with van der Waals surface area (Å²) in [6, 6.07) is 5.13. The number of methoxy groups -OCH3 is 1. The fourth-order valence-corrected chi connectivity index (χ4v) is 4.03. The summed E-state index contributed by atoms with van der Waals surface area (Å²) in [5.41, 5.74) is -0.758. The largest absolute Gasteiger partial charge is 0.491 e. The number of carbonyl (C=O) groups is 1. The SMILES string of the molecule is CCCCCCN(C)S(=O)(=O)OC(=O)NCc1ccc(OCCOC)cc1Oc1ncc(C(F)(F)F)cc1Cl.